The molecule has 0 aromatic rings. The first kappa shape index (κ1) is 21.4. The second-order valence-electron chi connectivity index (χ2n) is 6.67. The minimum atomic E-state index is 0. The SMILES string of the molecule is C.CCC1CCCCN1CCNC/C=C(\C)CCC=C(C)C. The molecule has 130 valence electrons. The number of piperidine rings is 1. The second kappa shape index (κ2) is 12.9. The Balaban J connectivity index is 0.00000441. The van der Waals surface area contributed by atoms with Crippen molar-refractivity contribution in [3.05, 3.63) is 23.3 Å². The number of nitrogens with zero attached hydrogens (tertiary/aromatic N) is 1. The lowest BCUT2D eigenvalue weighted by atomic mass is 10.0. The monoisotopic (exact) mass is 308 g/mol. The second-order valence-corrected chi connectivity index (χ2v) is 6.67. The van der Waals surface area contributed by atoms with Crippen molar-refractivity contribution in [3.8, 4) is 0 Å². The van der Waals surface area contributed by atoms with Gasteiger partial charge >= 0.3 is 0 Å². The maximum atomic E-state index is 3.57. The van der Waals surface area contributed by atoms with Gasteiger partial charge in [0.15, 0.2) is 0 Å². The normalized spacial score (nSPS) is 19.6. The van der Waals surface area contributed by atoms with Crippen LogP contribution in [0.2, 0.25) is 0 Å². The summed E-state index contributed by atoms with van der Waals surface area (Å²) in [7, 11) is 0. The largest absolute Gasteiger partial charge is 0.312 e. The number of rotatable bonds is 9. The minimum absolute atomic E-state index is 0. The Labute approximate surface area is 140 Å². The zero-order chi connectivity index (χ0) is 15.5. The van der Waals surface area contributed by atoms with Crippen LogP contribution in [-0.2, 0) is 0 Å². The van der Waals surface area contributed by atoms with E-state index in [1.165, 1.54) is 62.8 Å². The molecule has 0 radical (unpaired) electrons. The van der Waals surface area contributed by atoms with E-state index in [1.54, 1.807) is 0 Å². The van der Waals surface area contributed by atoms with Crippen LogP contribution in [-0.4, -0.2) is 37.1 Å². The topological polar surface area (TPSA) is 15.3 Å². The Hall–Kier alpha value is -0.600. The molecule has 0 aromatic heterocycles. The van der Waals surface area contributed by atoms with E-state index in [2.05, 4.69) is 50.1 Å². The van der Waals surface area contributed by atoms with E-state index in [9.17, 15) is 0 Å². The highest BCUT2D eigenvalue weighted by Gasteiger charge is 2.19. The summed E-state index contributed by atoms with van der Waals surface area (Å²) >= 11 is 0. The molecular formula is C20H40N2. The van der Waals surface area contributed by atoms with Crippen LogP contribution < -0.4 is 5.32 Å². The molecule has 0 aliphatic carbocycles. The lowest BCUT2D eigenvalue weighted by Gasteiger charge is -2.35. The van der Waals surface area contributed by atoms with Gasteiger partial charge in [-0.25, -0.2) is 0 Å². The highest BCUT2D eigenvalue weighted by molar-refractivity contribution is 5.02. The van der Waals surface area contributed by atoms with Crippen LogP contribution in [0.1, 0.15) is 73.6 Å². The van der Waals surface area contributed by atoms with E-state index in [0.29, 0.717) is 0 Å². The Kier molecular flexibility index (Phi) is 12.5. The molecule has 22 heavy (non-hydrogen) atoms. The standard InChI is InChI=1S/C19H36N2.CH4/c1-5-19-11-6-7-15-21(19)16-14-20-13-12-18(4)10-8-9-17(2)3;/h9,12,19-20H,5-8,10-11,13-16H2,1-4H3;1H4/b18-12+;. The van der Waals surface area contributed by atoms with E-state index in [1.807, 2.05) is 0 Å². The predicted octanol–water partition coefficient (Wildman–Crippen LogP) is 5.17. The van der Waals surface area contributed by atoms with Gasteiger partial charge in [0, 0.05) is 25.7 Å². The van der Waals surface area contributed by atoms with Crippen LogP contribution in [0.15, 0.2) is 23.3 Å². The molecule has 1 heterocycles. The quantitative estimate of drug-likeness (QED) is 0.467. The van der Waals surface area contributed by atoms with Gasteiger partial charge in [-0.2, -0.15) is 0 Å². The summed E-state index contributed by atoms with van der Waals surface area (Å²) in [6.45, 7) is 13.6. The van der Waals surface area contributed by atoms with Gasteiger partial charge in [0.1, 0.15) is 0 Å². The minimum Gasteiger partial charge on any atom is -0.312 e. The van der Waals surface area contributed by atoms with E-state index in [0.717, 1.165) is 19.1 Å². The first-order chi connectivity index (χ1) is 10.1. The molecule has 2 heteroatoms. The van der Waals surface area contributed by atoms with Gasteiger partial charge in [0.05, 0.1) is 0 Å². The summed E-state index contributed by atoms with van der Waals surface area (Å²) in [6.07, 6.45) is 12.6. The first-order valence-corrected chi connectivity index (χ1v) is 8.87. The Morgan fingerprint density at radius 2 is 1.95 bits per heavy atom. The van der Waals surface area contributed by atoms with Crippen molar-refractivity contribution in [3.63, 3.8) is 0 Å². The van der Waals surface area contributed by atoms with Crippen LogP contribution in [0.3, 0.4) is 0 Å². The average Bonchev–Trinajstić information content (AvgIpc) is 2.47. The molecule has 0 amide bonds. The van der Waals surface area contributed by atoms with Crippen molar-refractivity contribution in [2.75, 3.05) is 26.2 Å². The molecule has 1 atom stereocenters. The molecule has 0 aromatic carbocycles. The summed E-state index contributed by atoms with van der Waals surface area (Å²) in [5.74, 6) is 0. The third-order valence-electron chi connectivity index (χ3n) is 4.48. The van der Waals surface area contributed by atoms with Crippen LogP contribution in [0, 0.1) is 0 Å². The molecule has 1 rings (SSSR count). The van der Waals surface area contributed by atoms with Crippen molar-refractivity contribution >= 4 is 0 Å². The van der Waals surface area contributed by atoms with Gasteiger partial charge in [-0.05, 0) is 59.4 Å². The number of likely N-dealkylation sites (tertiary alicyclic amines) is 1. The van der Waals surface area contributed by atoms with Gasteiger partial charge in [0.2, 0.25) is 0 Å². The van der Waals surface area contributed by atoms with Crippen molar-refractivity contribution in [2.45, 2.75) is 79.7 Å². The zero-order valence-corrected chi connectivity index (χ0v) is 14.8. The van der Waals surface area contributed by atoms with Gasteiger partial charge in [-0.1, -0.05) is 44.1 Å². The smallest absolute Gasteiger partial charge is 0.0137 e. The Morgan fingerprint density at radius 1 is 1.18 bits per heavy atom. The van der Waals surface area contributed by atoms with E-state index < -0.39 is 0 Å². The molecule has 1 aliphatic heterocycles. The average molecular weight is 309 g/mol. The van der Waals surface area contributed by atoms with Gasteiger partial charge in [0.25, 0.3) is 0 Å². The molecule has 1 saturated heterocycles. The van der Waals surface area contributed by atoms with E-state index in [-0.39, 0.29) is 7.43 Å². The molecule has 1 aliphatic rings. The predicted molar refractivity (Wildman–Crippen MR) is 102 cm³/mol. The van der Waals surface area contributed by atoms with Crippen molar-refractivity contribution in [1.29, 1.82) is 0 Å². The maximum Gasteiger partial charge on any atom is 0.0137 e. The lowest BCUT2D eigenvalue weighted by Crippen LogP contribution is -2.42. The molecule has 1 N–H and O–H groups in total. The summed E-state index contributed by atoms with van der Waals surface area (Å²) < 4.78 is 0. The molecular weight excluding hydrogens is 268 g/mol. The fourth-order valence-corrected chi connectivity index (χ4v) is 3.08. The van der Waals surface area contributed by atoms with Crippen molar-refractivity contribution < 1.29 is 0 Å². The maximum absolute atomic E-state index is 3.57. The third kappa shape index (κ3) is 9.42. The fraction of sp³-hybridized carbons (Fsp3) is 0.800. The van der Waals surface area contributed by atoms with Gasteiger partial charge < -0.3 is 5.32 Å². The number of hydrogen-bond donors (Lipinski definition) is 1. The summed E-state index contributed by atoms with van der Waals surface area (Å²) in [4.78, 5) is 2.68. The van der Waals surface area contributed by atoms with Gasteiger partial charge in [-0.15, -0.1) is 0 Å². The lowest BCUT2D eigenvalue weighted by molar-refractivity contribution is 0.145. The molecule has 0 saturated carbocycles. The zero-order valence-electron chi connectivity index (χ0n) is 14.8. The summed E-state index contributed by atoms with van der Waals surface area (Å²) in [6, 6.07) is 0.835. The molecule has 1 unspecified atom stereocenters. The number of nitrogens with one attached hydrogen (secondary N) is 1. The van der Waals surface area contributed by atoms with Crippen LogP contribution in [0.5, 0.6) is 0 Å². The van der Waals surface area contributed by atoms with Crippen LogP contribution >= 0.6 is 0 Å². The highest BCUT2D eigenvalue weighted by atomic mass is 15.2. The molecule has 1 fully saturated rings. The van der Waals surface area contributed by atoms with Crippen molar-refractivity contribution in [2.24, 2.45) is 0 Å². The Morgan fingerprint density at radius 3 is 2.64 bits per heavy atom. The van der Waals surface area contributed by atoms with Crippen molar-refractivity contribution in [1.82, 2.24) is 10.2 Å². The third-order valence-corrected chi connectivity index (χ3v) is 4.48. The van der Waals surface area contributed by atoms with E-state index in [4.69, 9.17) is 0 Å². The number of hydrogen-bond acceptors (Lipinski definition) is 2. The van der Waals surface area contributed by atoms with Gasteiger partial charge in [-0.3, -0.25) is 4.90 Å². The fourth-order valence-electron chi connectivity index (χ4n) is 3.08. The number of allylic oxidation sites excluding steroid dienone is 3. The molecule has 0 spiro atoms. The molecule has 2 nitrogen and oxygen atoms in total. The Bertz CT molecular complexity index is 327. The highest BCUT2D eigenvalue weighted by Crippen LogP contribution is 2.18. The molecule has 0 bridgehead atoms. The van der Waals surface area contributed by atoms with Crippen LogP contribution in [0.4, 0.5) is 0 Å². The van der Waals surface area contributed by atoms with Crippen LogP contribution in [0.25, 0.3) is 0 Å². The van der Waals surface area contributed by atoms with E-state index >= 15 is 0 Å². The first-order valence-electron chi connectivity index (χ1n) is 8.87. The summed E-state index contributed by atoms with van der Waals surface area (Å²) in [5, 5.41) is 3.57. The summed E-state index contributed by atoms with van der Waals surface area (Å²) in [5.41, 5.74) is 2.93.